The number of urea groups is 1. The number of halogens is 2. The van der Waals surface area contributed by atoms with Crippen molar-refractivity contribution in [3.8, 4) is 0 Å². The molecule has 0 bridgehead atoms. The molecule has 2 aromatic carbocycles. The highest BCUT2D eigenvalue weighted by molar-refractivity contribution is 9.13. The predicted octanol–water partition coefficient (Wildman–Crippen LogP) is 5.26. The first-order valence-corrected chi connectivity index (χ1v) is 18.2. The molecule has 0 spiro atoms. The maximum absolute atomic E-state index is 14.6. The summed E-state index contributed by atoms with van der Waals surface area (Å²) < 4.78 is 1.81. The van der Waals surface area contributed by atoms with Gasteiger partial charge in [-0.25, -0.2) is 9.59 Å². The van der Waals surface area contributed by atoms with Crippen LogP contribution >= 0.6 is 31.9 Å². The van der Waals surface area contributed by atoms with Gasteiger partial charge in [-0.05, 0) is 119 Å². The third-order valence-corrected chi connectivity index (χ3v) is 12.2. The molecule has 2 unspecified atom stereocenters. The van der Waals surface area contributed by atoms with E-state index in [0.717, 1.165) is 77.6 Å². The number of benzene rings is 2. The minimum absolute atomic E-state index is 0.0136. The molecule has 46 heavy (non-hydrogen) atoms. The zero-order valence-corrected chi connectivity index (χ0v) is 29.3. The van der Waals surface area contributed by atoms with E-state index in [1.165, 1.54) is 4.90 Å². The van der Waals surface area contributed by atoms with E-state index in [-0.39, 0.29) is 24.5 Å². The number of nitrogens with zero attached hydrogens (tertiary/aromatic N) is 4. The number of carbonyl (C=O) groups excluding carboxylic acids is 2. The van der Waals surface area contributed by atoms with Gasteiger partial charge in [0.15, 0.2) is 0 Å². The number of rotatable bonds is 6. The maximum atomic E-state index is 14.6. The highest BCUT2D eigenvalue weighted by Gasteiger charge is 2.44. The van der Waals surface area contributed by atoms with Crippen LogP contribution in [-0.2, 0) is 17.6 Å². The van der Waals surface area contributed by atoms with Crippen molar-refractivity contribution in [1.29, 1.82) is 0 Å². The maximum Gasteiger partial charge on any atom is 0.407 e. The quantitative estimate of drug-likeness (QED) is 0.371. The molecule has 4 amide bonds. The number of hydrogen-bond acceptors (Lipinski definition) is 5. The molecule has 3 atom stereocenters. The molecule has 248 valence electrons. The predicted molar refractivity (Wildman–Crippen MR) is 185 cm³/mol. The number of carbonyl (C=O) groups is 3. The van der Waals surface area contributed by atoms with Crippen LogP contribution < -0.4 is 10.6 Å². The van der Waals surface area contributed by atoms with Gasteiger partial charge in [0.2, 0.25) is 5.91 Å². The molecule has 3 fully saturated rings. The van der Waals surface area contributed by atoms with Gasteiger partial charge >= 0.3 is 12.1 Å². The SMILES string of the molecule is O=C(C(Cc1ccc(Br)c(Br)c1)[C@H]1CC(N2CCc3ccccc3NC2=O)CCN1C(=O)O)N1CCC(N2CCCNCC2)CC1. The number of hydrogen-bond donors (Lipinski definition) is 3. The van der Waals surface area contributed by atoms with E-state index in [2.05, 4.69) is 47.4 Å². The smallest absolute Gasteiger partial charge is 0.407 e. The van der Waals surface area contributed by atoms with E-state index in [4.69, 9.17) is 0 Å². The third-order valence-electron chi connectivity index (χ3n) is 10.3. The largest absolute Gasteiger partial charge is 0.465 e. The van der Waals surface area contributed by atoms with Crippen LogP contribution in [0.2, 0.25) is 0 Å². The molecule has 3 N–H and O–H groups in total. The Morgan fingerprint density at radius 1 is 0.913 bits per heavy atom. The molecule has 4 aliphatic rings. The summed E-state index contributed by atoms with van der Waals surface area (Å²) in [4.78, 5) is 48.6. The minimum atomic E-state index is -1.01. The molecule has 4 aliphatic heterocycles. The minimum Gasteiger partial charge on any atom is -0.465 e. The molecule has 0 radical (unpaired) electrons. The second kappa shape index (κ2) is 15.0. The lowest BCUT2D eigenvalue weighted by Gasteiger charge is -2.46. The van der Waals surface area contributed by atoms with Crippen molar-refractivity contribution in [3.05, 3.63) is 62.5 Å². The second-order valence-corrected chi connectivity index (χ2v) is 14.7. The van der Waals surface area contributed by atoms with Crippen molar-refractivity contribution < 1.29 is 19.5 Å². The highest BCUT2D eigenvalue weighted by atomic mass is 79.9. The van der Waals surface area contributed by atoms with Crippen molar-refractivity contribution in [2.45, 2.75) is 63.1 Å². The summed E-state index contributed by atoms with van der Waals surface area (Å²) in [5.74, 6) is -0.558. The number of amides is 4. The molecule has 6 rings (SSSR count). The van der Waals surface area contributed by atoms with Gasteiger partial charge in [-0.2, -0.15) is 0 Å². The van der Waals surface area contributed by atoms with Crippen LogP contribution in [0.3, 0.4) is 0 Å². The Kier molecular flexibility index (Phi) is 10.9. The van der Waals surface area contributed by atoms with Gasteiger partial charge in [-0.3, -0.25) is 9.69 Å². The molecule has 10 nitrogen and oxygen atoms in total. The summed E-state index contributed by atoms with van der Waals surface area (Å²) in [5, 5.41) is 16.9. The molecule has 12 heteroatoms. The summed E-state index contributed by atoms with van der Waals surface area (Å²) >= 11 is 7.16. The Balaban J connectivity index is 1.24. The van der Waals surface area contributed by atoms with E-state index < -0.39 is 18.1 Å². The van der Waals surface area contributed by atoms with Gasteiger partial charge in [-0.1, -0.05) is 24.3 Å². The van der Waals surface area contributed by atoms with Crippen LogP contribution in [0, 0.1) is 5.92 Å². The van der Waals surface area contributed by atoms with Crippen molar-refractivity contribution in [2.75, 3.05) is 57.7 Å². The van der Waals surface area contributed by atoms with Crippen molar-refractivity contribution in [1.82, 2.24) is 24.9 Å². The normalized spacial score (nSPS) is 24.0. The summed E-state index contributed by atoms with van der Waals surface area (Å²) in [5.41, 5.74) is 2.88. The number of carboxylic acid groups (broad SMARTS) is 1. The topological polar surface area (TPSA) is 108 Å². The van der Waals surface area contributed by atoms with Crippen LogP contribution in [0.25, 0.3) is 0 Å². The Morgan fingerprint density at radius 2 is 1.70 bits per heavy atom. The van der Waals surface area contributed by atoms with Gasteiger partial charge in [0.05, 0.1) is 5.92 Å². The molecule has 4 heterocycles. The average molecular weight is 761 g/mol. The monoisotopic (exact) mass is 758 g/mol. The standard InChI is InChI=1S/C34H44Br2N6O4/c35-28-7-6-23(21-29(28)36)20-27(32(43)40-15-9-25(10-16-40)39-14-3-12-37-13-19-39)31-22-26(11-18-42(31)34(45)46)41-17-8-24-4-1-2-5-30(24)38-33(41)44/h1-2,4-7,21,25-27,31,37H,3,8-20,22H2,(H,38,44)(H,45,46)/t26?,27?,31-/m1/s1. The number of nitrogens with one attached hydrogen (secondary N) is 2. The lowest BCUT2D eigenvalue weighted by atomic mass is 9.82. The molecular weight excluding hydrogens is 716 g/mol. The van der Waals surface area contributed by atoms with Crippen LogP contribution in [-0.4, -0.2) is 113 Å². The summed E-state index contributed by atoms with van der Waals surface area (Å²) in [6.45, 7) is 6.33. The second-order valence-electron chi connectivity index (χ2n) is 13.0. The van der Waals surface area contributed by atoms with Gasteiger partial charge in [0.1, 0.15) is 0 Å². The van der Waals surface area contributed by atoms with Crippen molar-refractivity contribution >= 4 is 55.6 Å². The Hall–Kier alpha value is -2.67. The average Bonchev–Trinajstić information content (AvgIpc) is 3.44. The lowest BCUT2D eigenvalue weighted by molar-refractivity contribution is -0.140. The zero-order valence-electron chi connectivity index (χ0n) is 26.2. The summed E-state index contributed by atoms with van der Waals surface area (Å²) in [7, 11) is 0. The third kappa shape index (κ3) is 7.55. The van der Waals surface area contributed by atoms with Crippen LogP contribution in [0.1, 0.15) is 43.2 Å². The molecular formula is C34H44Br2N6O4. The highest BCUT2D eigenvalue weighted by Crippen LogP contribution is 2.34. The number of likely N-dealkylation sites (tertiary alicyclic amines) is 2. The fourth-order valence-corrected chi connectivity index (χ4v) is 8.52. The van der Waals surface area contributed by atoms with Gasteiger partial charge < -0.3 is 30.4 Å². The van der Waals surface area contributed by atoms with Crippen LogP contribution in [0.4, 0.5) is 15.3 Å². The fraction of sp³-hybridized carbons (Fsp3) is 0.559. The molecule has 3 saturated heterocycles. The first-order valence-electron chi connectivity index (χ1n) is 16.6. The van der Waals surface area contributed by atoms with E-state index in [9.17, 15) is 19.5 Å². The van der Waals surface area contributed by atoms with E-state index >= 15 is 0 Å². The number of para-hydroxylation sites is 1. The lowest BCUT2D eigenvalue weighted by Crippen LogP contribution is -2.59. The Bertz CT molecular complexity index is 1410. The molecule has 0 saturated carbocycles. The van der Waals surface area contributed by atoms with Crippen molar-refractivity contribution in [2.24, 2.45) is 5.92 Å². The molecule has 0 aromatic heterocycles. The van der Waals surface area contributed by atoms with Gasteiger partial charge in [-0.15, -0.1) is 0 Å². The van der Waals surface area contributed by atoms with Crippen molar-refractivity contribution in [3.63, 3.8) is 0 Å². The van der Waals surface area contributed by atoms with E-state index in [1.807, 2.05) is 52.3 Å². The summed E-state index contributed by atoms with van der Waals surface area (Å²) in [6, 6.07) is 13.4. The Morgan fingerprint density at radius 3 is 2.48 bits per heavy atom. The first kappa shape index (κ1) is 33.2. The van der Waals surface area contributed by atoms with Gasteiger partial charge in [0.25, 0.3) is 0 Å². The van der Waals surface area contributed by atoms with Crippen LogP contribution in [0.15, 0.2) is 51.4 Å². The Labute approximate surface area is 288 Å². The number of piperidine rings is 2. The first-order chi connectivity index (χ1) is 22.3. The van der Waals surface area contributed by atoms with Crippen LogP contribution in [0.5, 0.6) is 0 Å². The summed E-state index contributed by atoms with van der Waals surface area (Å²) in [6.07, 6.45) is 4.06. The van der Waals surface area contributed by atoms with E-state index in [0.29, 0.717) is 44.9 Å². The van der Waals surface area contributed by atoms with Gasteiger partial charge in [0, 0.05) is 72.0 Å². The number of fused-ring (bicyclic) bond motifs is 1. The fourth-order valence-electron chi connectivity index (χ4n) is 7.84. The molecule has 0 aliphatic carbocycles. The zero-order chi connectivity index (χ0) is 32.2. The number of anilines is 1. The molecule has 2 aromatic rings. The van der Waals surface area contributed by atoms with E-state index in [1.54, 1.807) is 0 Å².